The molecule has 0 amide bonds. The van der Waals surface area contributed by atoms with Crippen LogP contribution in [0.5, 0.6) is 0 Å². The number of carbonyl (C=O) groups is 3. The Bertz CT molecular complexity index is 809. The van der Waals surface area contributed by atoms with E-state index in [0.717, 1.165) is 19.3 Å². The zero-order chi connectivity index (χ0) is 22.1. The molecule has 0 aromatic rings. The fraction of sp³-hybridized carbons (Fsp3) is 0.625. The van der Waals surface area contributed by atoms with Gasteiger partial charge in [0.1, 0.15) is 12.7 Å². The van der Waals surface area contributed by atoms with Crippen LogP contribution in [0, 0.1) is 22.7 Å². The third kappa shape index (κ3) is 4.09. The molecule has 1 aliphatic heterocycles. The summed E-state index contributed by atoms with van der Waals surface area (Å²) in [4.78, 5) is 35.2. The highest BCUT2D eigenvalue weighted by Gasteiger charge is 2.59. The van der Waals surface area contributed by atoms with E-state index in [1.165, 1.54) is 25.7 Å². The molecular weight excluding hydrogens is 384 g/mol. The van der Waals surface area contributed by atoms with Crippen LogP contribution in [0.4, 0.5) is 0 Å². The molecule has 0 aromatic heterocycles. The van der Waals surface area contributed by atoms with Gasteiger partial charge in [-0.3, -0.25) is 9.59 Å². The van der Waals surface area contributed by atoms with Gasteiger partial charge in [0.25, 0.3) is 0 Å². The zero-order valence-electron chi connectivity index (χ0n) is 18.4. The van der Waals surface area contributed by atoms with E-state index >= 15 is 0 Å². The lowest BCUT2D eigenvalue weighted by Gasteiger charge is -2.60. The molecule has 2 saturated carbocycles. The molecule has 6 nitrogen and oxygen atoms in total. The van der Waals surface area contributed by atoms with E-state index in [4.69, 9.17) is 14.2 Å². The van der Waals surface area contributed by atoms with Crippen molar-refractivity contribution in [3.05, 3.63) is 36.1 Å². The maximum absolute atomic E-state index is 11.8. The number of allylic oxidation sites excluding steroid dienone is 2. The molecule has 30 heavy (non-hydrogen) atoms. The lowest BCUT2D eigenvalue weighted by atomic mass is 9.46. The quantitative estimate of drug-likeness (QED) is 0.288. The van der Waals surface area contributed by atoms with Crippen molar-refractivity contribution in [1.29, 1.82) is 0 Å². The Hall–Kier alpha value is -2.37. The van der Waals surface area contributed by atoms with Crippen LogP contribution < -0.4 is 0 Å². The highest BCUT2D eigenvalue weighted by atomic mass is 16.6. The summed E-state index contributed by atoms with van der Waals surface area (Å²) in [5.74, 6) is -0.608. The van der Waals surface area contributed by atoms with E-state index in [9.17, 15) is 14.4 Å². The lowest BCUT2D eigenvalue weighted by molar-refractivity contribution is -0.191. The molecule has 0 N–H and O–H groups in total. The molecule has 0 spiro atoms. The number of rotatable bonds is 5. The van der Waals surface area contributed by atoms with Crippen LogP contribution >= 0.6 is 0 Å². The summed E-state index contributed by atoms with van der Waals surface area (Å²) in [5, 5.41) is 0. The third-order valence-electron chi connectivity index (χ3n) is 7.44. The lowest BCUT2D eigenvalue weighted by Crippen LogP contribution is -2.58. The van der Waals surface area contributed by atoms with E-state index in [1.807, 2.05) is 6.08 Å². The second kappa shape index (κ2) is 8.40. The summed E-state index contributed by atoms with van der Waals surface area (Å²) in [7, 11) is 0. The largest absolute Gasteiger partial charge is 0.465 e. The minimum atomic E-state index is -0.484. The highest BCUT2D eigenvalue weighted by molar-refractivity contribution is 5.94. The molecule has 3 aliphatic rings. The van der Waals surface area contributed by atoms with Crippen LogP contribution in [0.15, 0.2) is 36.1 Å². The van der Waals surface area contributed by atoms with Gasteiger partial charge in [-0.2, -0.15) is 0 Å². The first-order chi connectivity index (χ1) is 14.1. The van der Waals surface area contributed by atoms with Crippen LogP contribution in [-0.4, -0.2) is 30.6 Å². The smallest absolute Gasteiger partial charge is 0.342 e. The first-order valence-corrected chi connectivity index (χ1v) is 10.6. The molecule has 1 unspecified atom stereocenters. The van der Waals surface area contributed by atoms with Gasteiger partial charge in [0.2, 0.25) is 0 Å². The van der Waals surface area contributed by atoms with Crippen molar-refractivity contribution in [2.45, 2.75) is 65.9 Å². The van der Waals surface area contributed by atoms with Gasteiger partial charge in [-0.15, -0.1) is 0 Å². The maximum Gasteiger partial charge on any atom is 0.342 e. The average Bonchev–Trinajstić information content (AvgIpc) is 3.07. The SMILES string of the molecule is C=C1CCC2[C@](C)(COC(C)=O)[C@H](OC(C)=O)CC[C@@]2(C)[C@@H]1C/C=C1\C=COC1=O. The molecular formula is C24H32O6. The Labute approximate surface area is 178 Å². The van der Waals surface area contributed by atoms with Crippen molar-refractivity contribution < 1.29 is 28.6 Å². The van der Waals surface area contributed by atoms with E-state index in [1.54, 1.807) is 6.08 Å². The van der Waals surface area contributed by atoms with Gasteiger partial charge in [-0.1, -0.05) is 32.1 Å². The molecule has 0 bridgehead atoms. The van der Waals surface area contributed by atoms with Crippen molar-refractivity contribution in [3.63, 3.8) is 0 Å². The van der Waals surface area contributed by atoms with E-state index in [0.29, 0.717) is 18.4 Å². The number of cyclic esters (lactones) is 1. The van der Waals surface area contributed by atoms with Crippen molar-refractivity contribution in [3.8, 4) is 0 Å². The summed E-state index contributed by atoms with van der Waals surface area (Å²) in [6.07, 6.45) is 8.78. The minimum Gasteiger partial charge on any atom is -0.465 e. The van der Waals surface area contributed by atoms with E-state index < -0.39 is 5.41 Å². The number of esters is 3. The number of ether oxygens (including phenoxy) is 3. The summed E-state index contributed by atoms with van der Waals surface area (Å²) in [5.41, 5.74) is 1.17. The predicted molar refractivity (Wildman–Crippen MR) is 111 cm³/mol. The second-order valence-electron chi connectivity index (χ2n) is 9.33. The van der Waals surface area contributed by atoms with Gasteiger partial charge in [0.05, 0.1) is 11.8 Å². The standard InChI is InChI=1S/C24H32O6/c1-15-6-9-20-23(4,19(15)8-7-18-11-13-28-22(18)27)12-10-21(30-17(3)26)24(20,5)14-29-16(2)25/h7,11,13,19-21H,1,6,8-10,12,14H2,2-5H3/b18-7+/t19-,20?,21-,23+,24+/m1/s1. The van der Waals surface area contributed by atoms with E-state index in [-0.39, 0.29) is 47.9 Å². The molecule has 6 heteroatoms. The Balaban J connectivity index is 1.92. The molecule has 3 rings (SSSR count). The molecule has 1 heterocycles. The van der Waals surface area contributed by atoms with Crippen molar-refractivity contribution >= 4 is 17.9 Å². The van der Waals surface area contributed by atoms with Crippen LogP contribution in [-0.2, 0) is 28.6 Å². The fourth-order valence-electron chi connectivity index (χ4n) is 5.95. The Morgan fingerprint density at radius 1 is 1.27 bits per heavy atom. The average molecular weight is 417 g/mol. The molecule has 5 atom stereocenters. The van der Waals surface area contributed by atoms with Crippen molar-refractivity contribution in [1.82, 2.24) is 0 Å². The van der Waals surface area contributed by atoms with Gasteiger partial charge in [-0.25, -0.2) is 4.79 Å². The Morgan fingerprint density at radius 2 is 2.00 bits per heavy atom. The number of fused-ring (bicyclic) bond motifs is 1. The summed E-state index contributed by atoms with van der Waals surface area (Å²) >= 11 is 0. The number of hydrogen-bond donors (Lipinski definition) is 0. The summed E-state index contributed by atoms with van der Waals surface area (Å²) in [6.45, 7) is 11.7. The van der Waals surface area contributed by atoms with Crippen molar-refractivity contribution in [2.75, 3.05) is 6.61 Å². The molecule has 2 aliphatic carbocycles. The normalized spacial score (nSPS) is 36.9. The fourth-order valence-corrected chi connectivity index (χ4v) is 5.95. The molecule has 2 fully saturated rings. The summed E-state index contributed by atoms with van der Waals surface area (Å²) < 4.78 is 16.1. The molecule has 0 aromatic carbocycles. The van der Waals surface area contributed by atoms with Gasteiger partial charge >= 0.3 is 17.9 Å². The predicted octanol–water partition coefficient (Wildman–Crippen LogP) is 4.26. The zero-order valence-corrected chi connectivity index (χ0v) is 18.4. The number of hydrogen-bond acceptors (Lipinski definition) is 6. The monoisotopic (exact) mass is 416 g/mol. The van der Waals surface area contributed by atoms with Gasteiger partial charge < -0.3 is 14.2 Å². The summed E-state index contributed by atoms with van der Waals surface area (Å²) in [6, 6.07) is 0. The number of carbonyl (C=O) groups excluding carboxylic acids is 3. The first kappa shape index (κ1) is 22.3. The van der Waals surface area contributed by atoms with E-state index in [2.05, 4.69) is 20.4 Å². The topological polar surface area (TPSA) is 78.9 Å². The second-order valence-corrected chi connectivity index (χ2v) is 9.33. The van der Waals surface area contributed by atoms with Crippen LogP contribution in [0.25, 0.3) is 0 Å². The van der Waals surface area contributed by atoms with Crippen molar-refractivity contribution in [2.24, 2.45) is 22.7 Å². The van der Waals surface area contributed by atoms with Gasteiger partial charge in [0.15, 0.2) is 0 Å². The highest BCUT2D eigenvalue weighted by Crippen LogP contribution is 2.62. The first-order valence-electron chi connectivity index (χ1n) is 10.6. The third-order valence-corrected chi connectivity index (χ3v) is 7.44. The Morgan fingerprint density at radius 3 is 2.60 bits per heavy atom. The van der Waals surface area contributed by atoms with Crippen LogP contribution in [0.2, 0.25) is 0 Å². The van der Waals surface area contributed by atoms with Crippen LogP contribution in [0.1, 0.15) is 59.8 Å². The maximum atomic E-state index is 11.8. The van der Waals surface area contributed by atoms with Gasteiger partial charge in [-0.05, 0) is 55.4 Å². The molecule has 0 saturated heterocycles. The minimum absolute atomic E-state index is 0.107. The molecule has 164 valence electrons. The van der Waals surface area contributed by atoms with Gasteiger partial charge in [0, 0.05) is 19.3 Å². The molecule has 0 radical (unpaired) electrons. The Kier molecular flexibility index (Phi) is 6.25. The van der Waals surface area contributed by atoms with Crippen LogP contribution in [0.3, 0.4) is 0 Å².